The maximum Gasteiger partial charge on any atom is 0.511 e. The maximum atomic E-state index is 14.3. The quantitative estimate of drug-likeness (QED) is 0.384. The molecule has 6 nitrogen and oxygen atoms in total. The van der Waals surface area contributed by atoms with Crippen LogP contribution in [0.5, 0.6) is 0 Å². The summed E-state index contributed by atoms with van der Waals surface area (Å²) in [5, 5.41) is 12.9. The first-order chi connectivity index (χ1) is 13.0. The summed E-state index contributed by atoms with van der Waals surface area (Å²) in [5.41, 5.74) is -6.39. The smallest absolute Gasteiger partial charge is 0.511 e. The highest BCUT2D eigenvalue weighted by atomic mass is 32.2. The molecule has 15 heteroatoms. The van der Waals surface area contributed by atoms with Crippen molar-refractivity contribution in [3.63, 3.8) is 0 Å². The topological polar surface area (TPSA) is 77.5 Å². The minimum atomic E-state index is -5.67. The molecule has 0 aliphatic carbocycles. The van der Waals surface area contributed by atoms with Crippen molar-refractivity contribution < 1.29 is 43.4 Å². The standard InChI is InChI=1S/C14H15F7N2O4S2/c1-9-6-10(15)11(7-12(9)28(25)8-13(16,17)18)23(24)4-2-22(3-5-23)29(26,27)14(19,20)21/h6-7H,2-5,8H2,1H3. The van der Waals surface area contributed by atoms with Gasteiger partial charge in [0, 0.05) is 11.0 Å². The first-order valence-corrected chi connectivity index (χ1v) is 10.6. The summed E-state index contributed by atoms with van der Waals surface area (Å²) in [6.07, 6.45) is -4.78. The third-order valence-corrected chi connectivity index (χ3v) is 7.43. The summed E-state index contributed by atoms with van der Waals surface area (Å²) >= 11 is 0. The highest BCUT2D eigenvalue weighted by Gasteiger charge is 2.51. The monoisotopic (exact) mass is 472 g/mol. The van der Waals surface area contributed by atoms with E-state index in [1.54, 1.807) is 0 Å². The SMILES string of the molecule is Cc1cc(F)c([N+]2([O-])CCN(S(=O)(=O)C(F)(F)F)CC2)cc1S(=O)CC(F)(F)F. The van der Waals surface area contributed by atoms with Crippen LogP contribution in [0.1, 0.15) is 5.56 Å². The number of piperazine rings is 1. The fourth-order valence-corrected chi connectivity index (χ4v) is 4.87. The van der Waals surface area contributed by atoms with Gasteiger partial charge in [-0.05, 0) is 18.6 Å². The number of benzene rings is 1. The number of halogens is 7. The lowest BCUT2D eigenvalue weighted by molar-refractivity contribution is -0.105. The van der Waals surface area contributed by atoms with Gasteiger partial charge in [-0.1, -0.05) is 0 Å². The number of sulfonamides is 1. The molecule has 29 heavy (non-hydrogen) atoms. The molecule has 1 unspecified atom stereocenters. The Hall–Kier alpha value is -1.29. The zero-order valence-electron chi connectivity index (χ0n) is 14.7. The van der Waals surface area contributed by atoms with E-state index >= 15 is 0 Å². The summed E-state index contributed by atoms with van der Waals surface area (Å²) in [4.78, 5) is -0.433. The molecular weight excluding hydrogens is 457 g/mol. The van der Waals surface area contributed by atoms with Crippen LogP contribution in [0.3, 0.4) is 0 Å². The minimum Gasteiger partial charge on any atom is -0.627 e. The van der Waals surface area contributed by atoms with Crippen molar-refractivity contribution in [2.75, 3.05) is 31.9 Å². The molecular formula is C14H15F7N2O4S2. The summed E-state index contributed by atoms with van der Waals surface area (Å²) in [6.45, 7) is -2.17. The van der Waals surface area contributed by atoms with Crippen molar-refractivity contribution in [1.29, 1.82) is 0 Å². The largest absolute Gasteiger partial charge is 0.627 e. The van der Waals surface area contributed by atoms with Crippen LogP contribution in [-0.4, -0.2) is 60.5 Å². The first kappa shape index (κ1) is 24.0. The number of rotatable bonds is 4. The van der Waals surface area contributed by atoms with Crippen LogP contribution in [0.25, 0.3) is 0 Å². The molecule has 166 valence electrons. The van der Waals surface area contributed by atoms with Crippen molar-refractivity contribution in [1.82, 2.24) is 8.95 Å². The molecule has 0 spiro atoms. The Morgan fingerprint density at radius 2 is 1.66 bits per heavy atom. The van der Waals surface area contributed by atoms with Gasteiger partial charge < -0.3 is 9.85 Å². The third kappa shape index (κ3) is 5.07. The Balaban J connectivity index is 2.33. The maximum absolute atomic E-state index is 14.3. The van der Waals surface area contributed by atoms with E-state index in [1.807, 2.05) is 0 Å². The second-order valence-electron chi connectivity index (χ2n) is 6.36. The van der Waals surface area contributed by atoms with Crippen molar-refractivity contribution in [3.05, 3.63) is 28.7 Å². The highest BCUT2D eigenvalue weighted by molar-refractivity contribution is 7.90. The lowest BCUT2D eigenvalue weighted by Crippen LogP contribution is -2.60. The first-order valence-electron chi connectivity index (χ1n) is 7.88. The van der Waals surface area contributed by atoms with Gasteiger partial charge in [0.25, 0.3) is 0 Å². The van der Waals surface area contributed by atoms with E-state index in [2.05, 4.69) is 0 Å². The summed E-state index contributed by atoms with van der Waals surface area (Å²) < 4.78 is 123. The van der Waals surface area contributed by atoms with Gasteiger partial charge in [0.05, 0.1) is 37.0 Å². The molecule has 2 rings (SSSR count). The Morgan fingerprint density at radius 3 is 2.10 bits per heavy atom. The molecule has 0 saturated carbocycles. The Bertz CT molecular complexity index is 908. The average Bonchev–Trinajstić information content (AvgIpc) is 2.52. The van der Waals surface area contributed by atoms with E-state index in [-0.39, 0.29) is 9.87 Å². The minimum absolute atomic E-state index is 0.0379. The number of hydrogen-bond acceptors (Lipinski definition) is 4. The van der Waals surface area contributed by atoms with E-state index in [0.29, 0.717) is 6.07 Å². The zero-order chi connectivity index (χ0) is 22.4. The molecule has 1 aliphatic heterocycles. The van der Waals surface area contributed by atoms with Crippen LogP contribution in [0.4, 0.5) is 36.4 Å². The number of quaternary nitrogens is 1. The number of nitrogens with zero attached hydrogens (tertiary/aromatic N) is 2. The van der Waals surface area contributed by atoms with Gasteiger partial charge in [0.15, 0.2) is 11.5 Å². The predicted molar refractivity (Wildman–Crippen MR) is 89.9 cm³/mol. The average molecular weight is 472 g/mol. The van der Waals surface area contributed by atoms with Crippen molar-refractivity contribution in [2.45, 2.75) is 23.5 Å². The number of aryl methyl sites for hydroxylation is 1. The van der Waals surface area contributed by atoms with Gasteiger partial charge in [-0.3, -0.25) is 4.21 Å². The van der Waals surface area contributed by atoms with Crippen LogP contribution in [0, 0.1) is 17.9 Å². The molecule has 1 aromatic carbocycles. The predicted octanol–water partition coefficient (Wildman–Crippen LogP) is 2.77. The fourth-order valence-electron chi connectivity index (χ4n) is 2.82. The lowest BCUT2D eigenvalue weighted by Gasteiger charge is -2.47. The summed E-state index contributed by atoms with van der Waals surface area (Å²) in [5.74, 6) is -2.87. The van der Waals surface area contributed by atoms with Crippen LogP contribution in [-0.2, 0) is 20.8 Å². The Labute approximate surface area is 163 Å². The number of alkyl halides is 6. The van der Waals surface area contributed by atoms with E-state index in [1.165, 1.54) is 6.92 Å². The van der Waals surface area contributed by atoms with E-state index in [9.17, 15) is 48.6 Å². The molecule has 0 N–H and O–H groups in total. The van der Waals surface area contributed by atoms with Crippen LogP contribution in [0.2, 0.25) is 0 Å². The van der Waals surface area contributed by atoms with Gasteiger partial charge in [-0.2, -0.15) is 30.6 Å². The van der Waals surface area contributed by atoms with Crippen molar-refractivity contribution in [3.8, 4) is 0 Å². The van der Waals surface area contributed by atoms with Crippen LogP contribution < -0.4 is 4.65 Å². The molecule has 0 radical (unpaired) electrons. The molecule has 0 amide bonds. The molecule has 0 bridgehead atoms. The summed E-state index contributed by atoms with van der Waals surface area (Å²) in [7, 11) is -8.31. The molecule has 1 saturated heterocycles. The zero-order valence-corrected chi connectivity index (χ0v) is 16.3. The second kappa shape index (κ2) is 7.76. The van der Waals surface area contributed by atoms with Gasteiger partial charge in [-0.15, -0.1) is 0 Å². The molecule has 1 heterocycles. The highest BCUT2D eigenvalue weighted by Crippen LogP contribution is 2.34. The van der Waals surface area contributed by atoms with Gasteiger partial charge in [0.1, 0.15) is 5.75 Å². The normalized spacial score (nSPS) is 19.9. The molecule has 1 aliphatic rings. The van der Waals surface area contributed by atoms with Gasteiger partial charge >= 0.3 is 21.7 Å². The number of hydrogen-bond donors (Lipinski definition) is 0. The van der Waals surface area contributed by atoms with E-state index in [4.69, 9.17) is 0 Å². The second-order valence-corrected chi connectivity index (χ2v) is 9.71. The van der Waals surface area contributed by atoms with E-state index < -0.39 is 85.5 Å². The number of hydroxylamine groups is 2. The fraction of sp³-hybridized carbons (Fsp3) is 0.571. The molecule has 0 aromatic heterocycles. The Kier molecular flexibility index (Phi) is 6.41. The van der Waals surface area contributed by atoms with Crippen LogP contribution >= 0.6 is 0 Å². The van der Waals surface area contributed by atoms with Gasteiger partial charge in [-0.25, -0.2) is 12.8 Å². The van der Waals surface area contributed by atoms with E-state index in [0.717, 1.165) is 6.07 Å². The Morgan fingerprint density at radius 1 is 1.14 bits per heavy atom. The van der Waals surface area contributed by atoms with Gasteiger partial charge in [0.2, 0.25) is 0 Å². The third-order valence-electron chi connectivity index (χ3n) is 4.28. The molecule has 1 atom stereocenters. The lowest BCUT2D eigenvalue weighted by atomic mass is 10.2. The van der Waals surface area contributed by atoms with Crippen molar-refractivity contribution >= 4 is 26.5 Å². The molecule has 1 aromatic rings. The summed E-state index contributed by atoms with van der Waals surface area (Å²) in [6, 6.07) is 1.42. The van der Waals surface area contributed by atoms with Crippen molar-refractivity contribution in [2.24, 2.45) is 0 Å². The molecule has 1 fully saturated rings. The van der Waals surface area contributed by atoms with Crippen LogP contribution in [0.15, 0.2) is 17.0 Å².